The number of anilines is 1. The molecule has 3 nitrogen and oxygen atoms in total. The van der Waals surface area contributed by atoms with Gasteiger partial charge in [0.25, 0.3) is 0 Å². The Bertz CT molecular complexity index is 465. The van der Waals surface area contributed by atoms with Gasteiger partial charge in [0.2, 0.25) is 0 Å². The highest BCUT2D eigenvalue weighted by Gasteiger charge is 2.53. The zero-order valence-electron chi connectivity index (χ0n) is 10.4. The number of rotatable bonds is 1. The maximum Gasteiger partial charge on any atom is 0.141 e. The summed E-state index contributed by atoms with van der Waals surface area (Å²) in [4.78, 5) is 9.17. The van der Waals surface area contributed by atoms with Crippen molar-refractivity contribution in [3.8, 4) is 0 Å². The Labute approximate surface area is 116 Å². The highest BCUT2D eigenvalue weighted by Crippen LogP contribution is 2.60. The first kappa shape index (κ1) is 11.2. The van der Waals surface area contributed by atoms with Crippen LogP contribution in [0, 0.1) is 17.8 Å². The van der Waals surface area contributed by atoms with E-state index in [0.29, 0.717) is 5.82 Å². The second-order valence-corrected chi connectivity index (χ2v) is 7.48. The zero-order valence-corrected chi connectivity index (χ0v) is 12.0. The summed E-state index contributed by atoms with van der Waals surface area (Å²) in [5.74, 6) is 4.37. The summed E-state index contributed by atoms with van der Waals surface area (Å²) in [5, 5.41) is 0. The van der Waals surface area contributed by atoms with Gasteiger partial charge >= 0.3 is 0 Å². The van der Waals surface area contributed by atoms with Crippen LogP contribution in [0.3, 0.4) is 0 Å². The SMILES string of the molecule is Nc1nc(C23CC4CC(CC(C4)C2)C3)ncc1Br. The lowest BCUT2D eigenvalue weighted by atomic mass is 9.49. The summed E-state index contributed by atoms with van der Waals surface area (Å²) < 4.78 is 0.816. The molecule has 0 aliphatic heterocycles. The van der Waals surface area contributed by atoms with Crippen LogP contribution in [0.25, 0.3) is 0 Å². The van der Waals surface area contributed by atoms with Crippen molar-refractivity contribution in [2.45, 2.75) is 43.9 Å². The molecular formula is C14H18BrN3. The summed E-state index contributed by atoms with van der Waals surface area (Å²) in [6.07, 6.45) is 10.1. The second-order valence-electron chi connectivity index (χ2n) is 6.62. The predicted octanol–water partition coefficient (Wildman–Crippen LogP) is 3.29. The first-order valence-electron chi connectivity index (χ1n) is 6.93. The van der Waals surface area contributed by atoms with Crippen LogP contribution in [0.5, 0.6) is 0 Å². The van der Waals surface area contributed by atoms with Gasteiger partial charge in [-0.3, -0.25) is 0 Å². The fourth-order valence-electron chi connectivity index (χ4n) is 5.02. The van der Waals surface area contributed by atoms with Gasteiger partial charge in [-0.25, -0.2) is 9.97 Å². The molecule has 0 atom stereocenters. The minimum absolute atomic E-state index is 0.254. The molecule has 4 bridgehead atoms. The Morgan fingerprint density at radius 3 is 2.17 bits per heavy atom. The molecule has 0 radical (unpaired) electrons. The van der Waals surface area contributed by atoms with Gasteiger partial charge in [-0.05, 0) is 72.2 Å². The molecule has 0 saturated heterocycles. The van der Waals surface area contributed by atoms with Crippen LogP contribution in [0.15, 0.2) is 10.7 Å². The van der Waals surface area contributed by atoms with Crippen LogP contribution < -0.4 is 5.73 Å². The Kier molecular flexibility index (Phi) is 2.30. The molecule has 4 saturated carbocycles. The van der Waals surface area contributed by atoms with E-state index >= 15 is 0 Å². The third kappa shape index (κ3) is 1.54. The van der Waals surface area contributed by atoms with Crippen LogP contribution in [-0.4, -0.2) is 9.97 Å². The summed E-state index contributed by atoms with van der Waals surface area (Å²) in [5.41, 5.74) is 6.19. The lowest BCUT2D eigenvalue weighted by Gasteiger charge is -2.55. The zero-order chi connectivity index (χ0) is 12.3. The molecular weight excluding hydrogens is 290 g/mol. The highest BCUT2D eigenvalue weighted by atomic mass is 79.9. The highest BCUT2D eigenvalue weighted by molar-refractivity contribution is 9.10. The van der Waals surface area contributed by atoms with E-state index in [4.69, 9.17) is 5.73 Å². The standard InChI is InChI=1S/C14H18BrN3/c15-11-7-17-13(18-12(11)16)14-4-8-1-9(5-14)3-10(2-8)6-14/h7-10H,1-6H2,(H2,16,17,18). The van der Waals surface area contributed by atoms with E-state index in [1.807, 2.05) is 6.20 Å². The number of halogens is 1. The number of aromatic nitrogens is 2. The molecule has 4 aliphatic rings. The fourth-order valence-corrected chi connectivity index (χ4v) is 5.21. The van der Waals surface area contributed by atoms with E-state index in [1.54, 1.807) is 0 Å². The van der Waals surface area contributed by atoms with Gasteiger partial charge in [0.05, 0.1) is 4.47 Å². The summed E-state index contributed by atoms with van der Waals surface area (Å²) in [6, 6.07) is 0. The van der Waals surface area contributed by atoms with Crippen molar-refractivity contribution in [1.29, 1.82) is 0 Å². The van der Waals surface area contributed by atoms with Crippen molar-refractivity contribution >= 4 is 21.7 Å². The molecule has 5 rings (SSSR count). The molecule has 4 aliphatic carbocycles. The van der Waals surface area contributed by atoms with Gasteiger partial charge in [0, 0.05) is 11.6 Å². The number of nitrogens with zero attached hydrogens (tertiary/aromatic N) is 2. The van der Waals surface area contributed by atoms with E-state index < -0.39 is 0 Å². The quantitative estimate of drug-likeness (QED) is 0.866. The van der Waals surface area contributed by atoms with E-state index in [2.05, 4.69) is 25.9 Å². The third-order valence-corrected chi connectivity index (χ3v) is 5.89. The first-order valence-corrected chi connectivity index (χ1v) is 7.72. The Hall–Kier alpha value is -0.640. The maximum absolute atomic E-state index is 5.94. The van der Waals surface area contributed by atoms with Crippen LogP contribution in [0.4, 0.5) is 5.82 Å². The van der Waals surface area contributed by atoms with Crippen LogP contribution >= 0.6 is 15.9 Å². The molecule has 1 aromatic heterocycles. The summed E-state index contributed by atoms with van der Waals surface area (Å²) in [6.45, 7) is 0. The monoisotopic (exact) mass is 307 g/mol. The van der Waals surface area contributed by atoms with Crippen molar-refractivity contribution in [2.75, 3.05) is 5.73 Å². The fraction of sp³-hybridized carbons (Fsp3) is 0.714. The Morgan fingerprint density at radius 1 is 1.11 bits per heavy atom. The van der Waals surface area contributed by atoms with Gasteiger partial charge in [-0.15, -0.1) is 0 Å². The van der Waals surface area contributed by atoms with Gasteiger partial charge in [0.1, 0.15) is 11.6 Å². The van der Waals surface area contributed by atoms with Gasteiger partial charge in [-0.2, -0.15) is 0 Å². The Morgan fingerprint density at radius 2 is 1.67 bits per heavy atom. The average Bonchev–Trinajstić information content (AvgIpc) is 2.31. The lowest BCUT2D eigenvalue weighted by molar-refractivity contribution is -0.00934. The van der Waals surface area contributed by atoms with E-state index in [-0.39, 0.29) is 5.41 Å². The molecule has 96 valence electrons. The van der Waals surface area contributed by atoms with Gasteiger partial charge in [-0.1, -0.05) is 0 Å². The second kappa shape index (κ2) is 3.69. The lowest BCUT2D eigenvalue weighted by Crippen LogP contribution is -2.49. The normalized spacial score (nSPS) is 41.3. The van der Waals surface area contributed by atoms with Gasteiger partial charge < -0.3 is 5.73 Å². The molecule has 4 heteroatoms. The van der Waals surface area contributed by atoms with Crippen molar-refractivity contribution in [3.05, 3.63) is 16.5 Å². The predicted molar refractivity (Wildman–Crippen MR) is 74.0 cm³/mol. The first-order chi connectivity index (χ1) is 8.64. The Balaban J connectivity index is 1.76. The van der Waals surface area contributed by atoms with E-state index in [1.165, 1.54) is 38.5 Å². The minimum atomic E-state index is 0.254. The average molecular weight is 308 g/mol. The number of hydrogen-bond acceptors (Lipinski definition) is 3. The van der Waals surface area contributed by atoms with Crippen molar-refractivity contribution < 1.29 is 0 Å². The molecule has 0 aromatic carbocycles. The summed E-state index contributed by atoms with van der Waals surface area (Å²) in [7, 11) is 0. The van der Waals surface area contributed by atoms with Gasteiger partial charge in [0.15, 0.2) is 0 Å². The maximum atomic E-state index is 5.94. The molecule has 1 heterocycles. The number of hydrogen-bond donors (Lipinski definition) is 1. The molecule has 1 aromatic rings. The molecule has 0 unspecified atom stereocenters. The van der Waals surface area contributed by atoms with E-state index in [0.717, 1.165) is 28.1 Å². The van der Waals surface area contributed by atoms with Crippen LogP contribution in [-0.2, 0) is 5.41 Å². The third-order valence-electron chi connectivity index (χ3n) is 5.28. The number of nitrogens with two attached hydrogens (primary N) is 1. The topological polar surface area (TPSA) is 51.8 Å². The minimum Gasteiger partial charge on any atom is -0.383 e. The smallest absolute Gasteiger partial charge is 0.141 e. The molecule has 18 heavy (non-hydrogen) atoms. The van der Waals surface area contributed by atoms with Crippen molar-refractivity contribution in [1.82, 2.24) is 9.97 Å². The van der Waals surface area contributed by atoms with Crippen LogP contribution in [0.2, 0.25) is 0 Å². The van der Waals surface area contributed by atoms with E-state index in [9.17, 15) is 0 Å². The molecule has 0 amide bonds. The largest absolute Gasteiger partial charge is 0.383 e. The van der Waals surface area contributed by atoms with Crippen LogP contribution in [0.1, 0.15) is 44.3 Å². The number of nitrogen functional groups attached to an aromatic ring is 1. The molecule has 4 fully saturated rings. The molecule has 2 N–H and O–H groups in total. The summed E-state index contributed by atoms with van der Waals surface area (Å²) >= 11 is 3.39. The van der Waals surface area contributed by atoms with Crippen molar-refractivity contribution in [3.63, 3.8) is 0 Å². The molecule has 0 spiro atoms. The van der Waals surface area contributed by atoms with Crippen molar-refractivity contribution in [2.24, 2.45) is 17.8 Å².